The molecule has 62 heavy (non-hydrogen) atoms. The Morgan fingerprint density at radius 3 is 1.31 bits per heavy atom. The Morgan fingerprint density at radius 2 is 0.694 bits per heavy atom. The summed E-state index contributed by atoms with van der Waals surface area (Å²) in [6, 6.07) is 79.7. The van der Waals surface area contributed by atoms with E-state index in [0.717, 1.165) is 17.1 Å². The zero-order valence-corrected chi connectivity index (χ0v) is 35.7. The molecule has 0 spiro atoms. The van der Waals surface area contributed by atoms with Gasteiger partial charge in [-0.15, -0.1) is 0 Å². The number of hydrogen-bond acceptors (Lipinski definition) is 1. The highest BCUT2D eigenvalue weighted by Gasteiger charge is 2.47. The molecule has 0 amide bonds. The molecular weight excluding hydrogens is 747 g/mol. The van der Waals surface area contributed by atoms with Gasteiger partial charge in [-0.2, -0.15) is 0 Å². The van der Waals surface area contributed by atoms with Gasteiger partial charge < -0.3 is 4.90 Å². The Morgan fingerprint density at radius 1 is 0.290 bits per heavy atom. The van der Waals surface area contributed by atoms with Crippen molar-refractivity contribution in [2.24, 2.45) is 0 Å². The number of nitrogens with zero attached hydrogens (tertiary/aromatic N) is 1. The molecule has 0 heterocycles. The Bertz CT molecular complexity index is 3200. The van der Waals surface area contributed by atoms with Gasteiger partial charge in [0.25, 0.3) is 0 Å². The fourth-order valence-electron chi connectivity index (χ4n) is 11.8. The summed E-state index contributed by atoms with van der Waals surface area (Å²) in [7, 11) is 0. The van der Waals surface area contributed by atoms with Crippen molar-refractivity contribution in [1.29, 1.82) is 0 Å². The van der Waals surface area contributed by atoms with Crippen LogP contribution < -0.4 is 4.90 Å². The maximum Gasteiger partial charge on any atom is 0.0714 e. The normalized spacial score (nSPS) is 15.2. The molecule has 0 fully saturated rings. The smallest absolute Gasteiger partial charge is 0.0714 e. The molecular formula is C61H47N. The van der Waals surface area contributed by atoms with Gasteiger partial charge in [0.2, 0.25) is 0 Å². The second-order valence-electron chi connectivity index (χ2n) is 18.4. The molecule has 0 radical (unpaired) electrons. The lowest BCUT2D eigenvalue weighted by Crippen LogP contribution is -2.28. The van der Waals surface area contributed by atoms with Crippen LogP contribution in [-0.4, -0.2) is 0 Å². The third kappa shape index (κ3) is 4.97. The average molecular weight is 794 g/mol. The zero-order valence-electron chi connectivity index (χ0n) is 35.7. The van der Waals surface area contributed by atoms with Crippen LogP contribution >= 0.6 is 0 Å². The summed E-state index contributed by atoms with van der Waals surface area (Å²) in [5.74, 6) is 0. The first-order valence-electron chi connectivity index (χ1n) is 22.0. The minimum absolute atomic E-state index is 0.154. The fourth-order valence-corrected chi connectivity index (χ4v) is 11.8. The Labute approximate surface area is 365 Å². The number of rotatable bonds is 6. The van der Waals surface area contributed by atoms with E-state index in [-0.39, 0.29) is 10.8 Å². The first-order valence-corrected chi connectivity index (χ1v) is 22.0. The van der Waals surface area contributed by atoms with Crippen molar-refractivity contribution in [3.05, 3.63) is 257 Å². The van der Waals surface area contributed by atoms with Crippen LogP contribution in [0.5, 0.6) is 0 Å². The number of anilines is 3. The topological polar surface area (TPSA) is 3.24 Å². The maximum atomic E-state index is 2.55. The number of benzene rings is 9. The molecule has 0 atom stereocenters. The third-order valence-corrected chi connectivity index (χ3v) is 14.5. The average Bonchev–Trinajstić information content (AvgIpc) is 3.84. The summed E-state index contributed by atoms with van der Waals surface area (Å²) in [5.41, 5.74) is 23.6. The standard InChI is InChI=1S/C61H47N/c1-59(2)52-30-15-11-24-44(52)47-36-34-42(38-55(47)59)62(57-33-18-14-27-49(57)51-29-19-28-50-46-26-12-16-31-53(46)60(3,4)58(50)51)43-35-37-48-45-25-13-17-32-54(45)61(56(48)39-43,40-20-7-5-8-21-40)41-22-9-6-10-23-41/h5-39H,1-4H3. The van der Waals surface area contributed by atoms with E-state index in [1.165, 1.54) is 89.0 Å². The molecule has 3 aliphatic rings. The predicted octanol–water partition coefficient (Wildman–Crippen LogP) is 15.8. The van der Waals surface area contributed by atoms with Gasteiger partial charge in [-0.25, -0.2) is 0 Å². The minimum Gasteiger partial charge on any atom is -0.310 e. The molecule has 0 aromatic heterocycles. The highest BCUT2D eigenvalue weighted by Crippen LogP contribution is 2.59. The van der Waals surface area contributed by atoms with E-state index < -0.39 is 5.41 Å². The van der Waals surface area contributed by atoms with Gasteiger partial charge >= 0.3 is 0 Å². The van der Waals surface area contributed by atoms with Crippen LogP contribution in [0.15, 0.2) is 212 Å². The molecule has 0 aliphatic heterocycles. The largest absolute Gasteiger partial charge is 0.310 e. The first kappa shape index (κ1) is 36.6. The second kappa shape index (κ2) is 13.4. The monoisotopic (exact) mass is 793 g/mol. The van der Waals surface area contributed by atoms with Gasteiger partial charge in [-0.05, 0) is 114 Å². The Kier molecular flexibility index (Phi) is 7.91. The lowest BCUT2D eigenvalue weighted by molar-refractivity contribution is 0.660. The number of para-hydroxylation sites is 1. The van der Waals surface area contributed by atoms with Gasteiger partial charge in [0, 0.05) is 27.8 Å². The van der Waals surface area contributed by atoms with Crippen molar-refractivity contribution in [1.82, 2.24) is 0 Å². The third-order valence-electron chi connectivity index (χ3n) is 14.5. The van der Waals surface area contributed by atoms with Crippen LogP contribution in [0, 0.1) is 0 Å². The Balaban J connectivity index is 1.14. The number of fused-ring (bicyclic) bond motifs is 9. The van der Waals surface area contributed by atoms with Crippen molar-refractivity contribution in [2.45, 2.75) is 43.9 Å². The quantitative estimate of drug-likeness (QED) is 0.162. The molecule has 1 nitrogen and oxygen atoms in total. The molecule has 12 rings (SSSR count). The van der Waals surface area contributed by atoms with Crippen LogP contribution in [0.2, 0.25) is 0 Å². The molecule has 0 saturated carbocycles. The predicted molar refractivity (Wildman–Crippen MR) is 259 cm³/mol. The molecule has 0 bridgehead atoms. The van der Waals surface area contributed by atoms with E-state index in [1.807, 2.05) is 0 Å². The molecule has 296 valence electrons. The van der Waals surface area contributed by atoms with E-state index in [9.17, 15) is 0 Å². The minimum atomic E-state index is -0.521. The van der Waals surface area contributed by atoms with Gasteiger partial charge in [-0.1, -0.05) is 210 Å². The van der Waals surface area contributed by atoms with Gasteiger partial charge in [-0.3, -0.25) is 0 Å². The second-order valence-corrected chi connectivity index (χ2v) is 18.4. The summed E-state index contributed by atoms with van der Waals surface area (Å²) in [5, 5.41) is 0. The highest BCUT2D eigenvalue weighted by atomic mass is 15.1. The van der Waals surface area contributed by atoms with E-state index in [4.69, 9.17) is 0 Å². The summed E-state index contributed by atoms with van der Waals surface area (Å²) >= 11 is 0. The van der Waals surface area contributed by atoms with Crippen LogP contribution in [-0.2, 0) is 16.2 Å². The van der Waals surface area contributed by atoms with Crippen molar-refractivity contribution in [3.63, 3.8) is 0 Å². The van der Waals surface area contributed by atoms with E-state index in [2.05, 4.69) is 245 Å². The van der Waals surface area contributed by atoms with Crippen LogP contribution in [0.4, 0.5) is 17.1 Å². The fraction of sp³-hybridized carbons (Fsp3) is 0.115. The van der Waals surface area contributed by atoms with Crippen molar-refractivity contribution < 1.29 is 0 Å². The molecule has 1 heteroatoms. The zero-order chi connectivity index (χ0) is 41.8. The van der Waals surface area contributed by atoms with Gasteiger partial charge in [0.05, 0.1) is 11.1 Å². The Hall–Kier alpha value is -7.22. The maximum absolute atomic E-state index is 2.55. The van der Waals surface area contributed by atoms with E-state index in [1.54, 1.807) is 0 Å². The summed E-state index contributed by atoms with van der Waals surface area (Å²) in [4.78, 5) is 2.55. The van der Waals surface area contributed by atoms with Crippen molar-refractivity contribution in [2.75, 3.05) is 4.90 Å². The first-order chi connectivity index (χ1) is 30.3. The van der Waals surface area contributed by atoms with Crippen molar-refractivity contribution in [3.8, 4) is 44.5 Å². The van der Waals surface area contributed by atoms with Gasteiger partial charge in [0.1, 0.15) is 0 Å². The van der Waals surface area contributed by atoms with E-state index in [0.29, 0.717) is 0 Å². The van der Waals surface area contributed by atoms with Crippen LogP contribution in [0.25, 0.3) is 44.5 Å². The molecule has 9 aromatic carbocycles. The van der Waals surface area contributed by atoms with Crippen molar-refractivity contribution >= 4 is 17.1 Å². The van der Waals surface area contributed by atoms with E-state index >= 15 is 0 Å². The SMILES string of the molecule is CC1(C)c2ccccc2-c2ccc(N(c3ccc4c(c3)C(c3ccccc3)(c3ccccc3)c3ccccc3-4)c3ccccc3-c3cccc4c3C(C)(C)c3ccccc3-4)cc21. The summed E-state index contributed by atoms with van der Waals surface area (Å²) < 4.78 is 0. The number of hydrogen-bond donors (Lipinski definition) is 0. The highest BCUT2D eigenvalue weighted by molar-refractivity contribution is 5.97. The molecule has 0 N–H and O–H groups in total. The van der Waals surface area contributed by atoms with Crippen LogP contribution in [0.3, 0.4) is 0 Å². The summed E-state index contributed by atoms with van der Waals surface area (Å²) in [6.07, 6.45) is 0. The van der Waals surface area contributed by atoms with Gasteiger partial charge in [0.15, 0.2) is 0 Å². The molecule has 0 saturated heterocycles. The molecule has 0 unspecified atom stereocenters. The van der Waals surface area contributed by atoms with Crippen LogP contribution in [0.1, 0.15) is 72.2 Å². The lowest BCUT2D eigenvalue weighted by Gasteiger charge is -2.35. The summed E-state index contributed by atoms with van der Waals surface area (Å²) in [6.45, 7) is 9.56. The molecule has 9 aromatic rings. The molecule has 3 aliphatic carbocycles. The lowest BCUT2D eigenvalue weighted by atomic mass is 9.67.